The topological polar surface area (TPSA) is 54.0 Å². The summed E-state index contributed by atoms with van der Waals surface area (Å²) in [6.07, 6.45) is 6.12. The first kappa shape index (κ1) is 13.6. The van der Waals surface area contributed by atoms with E-state index in [1.807, 2.05) is 6.07 Å². The summed E-state index contributed by atoms with van der Waals surface area (Å²) in [7, 11) is 0. The number of carbonyl (C=O) groups excluding carboxylic acids is 1. The van der Waals surface area contributed by atoms with Crippen LogP contribution in [0.25, 0.3) is 0 Å². The quantitative estimate of drug-likeness (QED) is 0.877. The molecule has 1 spiro atoms. The van der Waals surface area contributed by atoms with Crippen molar-refractivity contribution in [2.75, 3.05) is 13.1 Å². The zero-order valence-electron chi connectivity index (χ0n) is 12.1. The minimum absolute atomic E-state index is 0.222. The highest BCUT2D eigenvalue weighted by Crippen LogP contribution is 2.58. The van der Waals surface area contributed by atoms with Crippen LogP contribution >= 0.6 is 0 Å². The van der Waals surface area contributed by atoms with E-state index < -0.39 is 0 Å². The van der Waals surface area contributed by atoms with E-state index in [0.29, 0.717) is 12.0 Å². The Hall–Kier alpha value is -1.42. The van der Waals surface area contributed by atoms with Crippen molar-refractivity contribution in [2.45, 2.75) is 39.2 Å². The van der Waals surface area contributed by atoms with Crippen LogP contribution in [-0.4, -0.2) is 24.0 Å². The van der Waals surface area contributed by atoms with Crippen LogP contribution in [0.3, 0.4) is 0 Å². The molecule has 1 unspecified atom stereocenters. The van der Waals surface area contributed by atoms with Crippen LogP contribution in [0.5, 0.6) is 0 Å². The molecule has 1 aromatic heterocycles. The van der Waals surface area contributed by atoms with Crippen LogP contribution in [0.4, 0.5) is 0 Å². The number of pyridine rings is 1. The highest BCUT2D eigenvalue weighted by molar-refractivity contribution is 5.82. The lowest BCUT2D eigenvalue weighted by Crippen LogP contribution is -2.33. The van der Waals surface area contributed by atoms with Gasteiger partial charge < -0.3 is 10.6 Å². The Morgan fingerprint density at radius 3 is 3.05 bits per heavy atom. The molecule has 0 radical (unpaired) electrons. The summed E-state index contributed by atoms with van der Waals surface area (Å²) >= 11 is 0. The highest BCUT2D eigenvalue weighted by atomic mass is 16.2. The summed E-state index contributed by atoms with van der Waals surface area (Å²) in [5.74, 6) is 0.456. The second-order valence-corrected chi connectivity index (χ2v) is 6.05. The monoisotopic (exact) mass is 273 g/mol. The number of amides is 1. The minimum atomic E-state index is 0.222. The van der Waals surface area contributed by atoms with E-state index in [9.17, 15) is 4.79 Å². The average molecular weight is 273 g/mol. The van der Waals surface area contributed by atoms with Crippen molar-refractivity contribution in [1.82, 2.24) is 15.6 Å². The molecule has 3 rings (SSSR count). The van der Waals surface area contributed by atoms with Crippen molar-refractivity contribution in [3.8, 4) is 0 Å². The van der Waals surface area contributed by atoms with Gasteiger partial charge >= 0.3 is 0 Å². The molecule has 2 heterocycles. The zero-order chi connectivity index (χ0) is 14.0. The van der Waals surface area contributed by atoms with Gasteiger partial charge in [-0.2, -0.15) is 0 Å². The van der Waals surface area contributed by atoms with E-state index in [0.717, 1.165) is 44.5 Å². The van der Waals surface area contributed by atoms with Gasteiger partial charge in [0, 0.05) is 12.1 Å². The third kappa shape index (κ3) is 2.57. The van der Waals surface area contributed by atoms with Crippen molar-refractivity contribution < 1.29 is 4.79 Å². The van der Waals surface area contributed by atoms with Crippen LogP contribution in [0.15, 0.2) is 18.3 Å². The molecule has 1 aliphatic carbocycles. The van der Waals surface area contributed by atoms with Crippen molar-refractivity contribution in [1.29, 1.82) is 0 Å². The van der Waals surface area contributed by atoms with E-state index in [1.165, 1.54) is 5.56 Å². The van der Waals surface area contributed by atoms with Gasteiger partial charge in [-0.25, -0.2) is 0 Å². The fraction of sp³-hybridized carbons (Fsp3) is 0.625. The molecule has 1 atom stereocenters. The Bertz CT molecular complexity index is 494. The lowest BCUT2D eigenvalue weighted by Gasteiger charge is -2.23. The van der Waals surface area contributed by atoms with Gasteiger partial charge in [0.25, 0.3) is 0 Å². The number of piperidine rings is 1. The Labute approximate surface area is 120 Å². The maximum atomic E-state index is 12.3. The fourth-order valence-corrected chi connectivity index (χ4v) is 3.44. The normalized spacial score (nSPS) is 23.6. The van der Waals surface area contributed by atoms with Gasteiger partial charge in [-0.05, 0) is 55.8 Å². The number of aromatic nitrogens is 1. The van der Waals surface area contributed by atoms with Crippen molar-refractivity contribution >= 4 is 5.91 Å². The van der Waals surface area contributed by atoms with Gasteiger partial charge in [-0.3, -0.25) is 9.78 Å². The molecule has 1 saturated carbocycles. The molecule has 2 aliphatic rings. The van der Waals surface area contributed by atoms with Crippen LogP contribution < -0.4 is 10.6 Å². The van der Waals surface area contributed by atoms with Crippen molar-refractivity contribution in [2.24, 2.45) is 11.3 Å². The molecule has 4 heteroatoms. The number of hydrogen-bond donors (Lipinski definition) is 2. The van der Waals surface area contributed by atoms with Crippen LogP contribution in [0, 0.1) is 11.3 Å². The number of carbonyl (C=O) groups is 1. The number of rotatable bonds is 4. The molecule has 2 fully saturated rings. The molecule has 4 nitrogen and oxygen atoms in total. The molecule has 2 N–H and O–H groups in total. The second kappa shape index (κ2) is 5.52. The molecule has 0 aromatic carbocycles. The molecule has 20 heavy (non-hydrogen) atoms. The summed E-state index contributed by atoms with van der Waals surface area (Å²) < 4.78 is 0. The van der Waals surface area contributed by atoms with Crippen LogP contribution in [0.2, 0.25) is 0 Å². The molecule has 1 amide bonds. The summed E-state index contributed by atoms with van der Waals surface area (Å²) in [4.78, 5) is 16.7. The number of nitrogens with zero attached hydrogens (tertiary/aromatic N) is 1. The third-order valence-electron chi connectivity index (χ3n) is 4.90. The zero-order valence-corrected chi connectivity index (χ0v) is 12.1. The second-order valence-electron chi connectivity index (χ2n) is 6.05. The van der Waals surface area contributed by atoms with Gasteiger partial charge in [0.05, 0.1) is 12.2 Å². The van der Waals surface area contributed by atoms with Gasteiger partial charge in [0.2, 0.25) is 5.91 Å². The summed E-state index contributed by atoms with van der Waals surface area (Å²) in [6, 6.07) is 4.04. The van der Waals surface area contributed by atoms with Gasteiger partial charge in [0.1, 0.15) is 0 Å². The maximum absolute atomic E-state index is 12.3. The highest BCUT2D eigenvalue weighted by Gasteiger charge is 2.57. The Balaban J connectivity index is 1.55. The molecule has 1 saturated heterocycles. The number of hydrogen-bond acceptors (Lipinski definition) is 3. The maximum Gasteiger partial charge on any atom is 0.224 e. The Morgan fingerprint density at radius 1 is 1.50 bits per heavy atom. The van der Waals surface area contributed by atoms with Crippen LogP contribution in [-0.2, 0) is 17.8 Å². The largest absolute Gasteiger partial charge is 0.350 e. The van der Waals surface area contributed by atoms with E-state index in [2.05, 4.69) is 28.6 Å². The average Bonchev–Trinajstić information content (AvgIpc) is 3.19. The van der Waals surface area contributed by atoms with Crippen molar-refractivity contribution in [3.63, 3.8) is 0 Å². The predicted octanol–water partition coefficient (Wildman–Crippen LogP) is 1.65. The molecule has 1 aromatic rings. The summed E-state index contributed by atoms with van der Waals surface area (Å²) in [5.41, 5.74) is 2.54. The first-order chi connectivity index (χ1) is 9.75. The van der Waals surface area contributed by atoms with E-state index in [4.69, 9.17) is 0 Å². The number of aryl methyl sites for hydroxylation is 1. The van der Waals surface area contributed by atoms with E-state index >= 15 is 0 Å². The lowest BCUT2D eigenvalue weighted by molar-refractivity contribution is -0.123. The third-order valence-corrected chi connectivity index (χ3v) is 4.90. The SMILES string of the molecule is CCc1cccnc1CNC(=O)C1CC12CCNCC2. The smallest absolute Gasteiger partial charge is 0.224 e. The van der Waals surface area contributed by atoms with Crippen LogP contribution in [0.1, 0.15) is 37.4 Å². The van der Waals surface area contributed by atoms with E-state index in [-0.39, 0.29) is 11.8 Å². The van der Waals surface area contributed by atoms with E-state index in [1.54, 1.807) is 6.20 Å². The lowest BCUT2D eigenvalue weighted by atomic mass is 9.92. The Kier molecular flexibility index (Phi) is 3.74. The van der Waals surface area contributed by atoms with Gasteiger partial charge in [-0.15, -0.1) is 0 Å². The molecular weight excluding hydrogens is 250 g/mol. The summed E-state index contributed by atoms with van der Waals surface area (Å²) in [5, 5.41) is 6.46. The van der Waals surface area contributed by atoms with Gasteiger partial charge in [-0.1, -0.05) is 13.0 Å². The molecule has 1 aliphatic heterocycles. The fourth-order valence-electron chi connectivity index (χ4n) is 3.44. The standard InChI is InChI=1S/C16H23N3O/c1-2-12-4-3-7-18-14(12)11-19-15(20)13-10-16(13)5-8-17-9-6-16/h3-4,7,13,17H,2,5-6,8-11H2,1H3,(H,19,20). The molecule has 108 valence electrons. The Morgan fingerprint density at radius 2 is 2.30 bits per heavy atom. The molecular formula is C16H23N3O. The molecule has 0 bridgehead atoms. The minimum Gasteiger partial charge on any atom is -0.350 e. The first-order valence-corrected chi connectivity index (χ1v) is 7.66. The summed E-state index contributed by atoms with van der Waals surface area (Å²) in [6.45, 7) is 4.80. The number of nitrogens with one attached hydrogen (secondary N) is 2. The first-order valence-electron chi connectivity index (χ1n) is 7.66. The van der Waals surface area contributed by atoms with Gasteiger partial charge in [0.15, 0.2) is 0 Å². The van der Waals surface area contributed by atoms with Crippen molar-refractivity contribution in [3.05, 3.63) is 29.6 Å². The predicted molar refractivity (Wildman–Crippen MR) is 78.1 cm³/mol.